The van der Waals surface area contributed by atoms with Crippen molar-refractivity contribution in [3.63, 3.8) is 0 Å². The Morgan fingerprint density at radius 1 is 1.21 bits per heavy atom. The lowest BCUT2D eigenvalue weighted by Crippen LogP contribution is -2.13. The summed E-state index contributed by atoms with van der Waals surface area (Å²) in [6.45, 7) is 8.92. The van der Waals surface area contributed by atoms with Gasteiger partial charge in [0.1, 0.15) is 5.78 Å². The SMILES string of the molecule is CC(=O)C(C)Cn1cc(CC(C)C)c2ccccc21. The first-order valence-corrected chi connectivity index (χ1v) is 7.06. The summed E-state index contributed by atoms with van der Waals surface area (Å²) in [4.78, 5) is 11.5. The number of carbonyl (C=O) groups is 1. The van der Waals surface area contributed by atoms with E-state index >= 15 is 0 Å². The van der Waals surface area contributed by atoms with Crippen LogP contribution in [0.5, 0.6) is 0 Å². The second kappa shape index (κ2) is 5.60. The van der Waals surface area contributed by atoms with Gasteiger partial charge in [-0.1, -0.05) is 39.0 Å². The molecule has 0 saturated heterocycles. The minimum absolute atomic E-state index is 0.0720. The summed E-state index contributed by atoms with van der Waals surface area (Å²) >= 11 is 0. The molecular formula is C17H23NO. The Hall–Kier alpha value is -1.57. The minimum Gasteiger partial charge on any atom is -0.346 e. The summed E-state index contributed by atoms with van der Waals surface area (Å²) in [5.74, 6) is 0.968. The van der Waals surface area contributed by atoms with Crippen molar-refractivity contribution in [2.24, 2.45) is 11.8 Å². The highest BCUT2D eigenvalue weighted by Gasteiger charge is 2.13. The molecule has 0 bridgehead atoms. The second-order valence-corrected chi connectivity index (χ2v) is 5.93. The van der Waals surface area contributed by atoms with Crippen molar-refractivity contribution in [2.75, 3.05) is 0 Å². The van der Waals surface area contributed by atoms with E-state index in [1.54, 1.807) is 6.92 Å². The maximum Gasteiger partial charge on any atom is 0.134 e. The van der Waals surface area contributed by atoms with Gasteiger partial charge in [-0.15, -0.1) is 0 Å². The smallest absolute Gasteiger partial charge is 0.134 e. The molecule has 0 spiro atoms. The molecule has 2 nitrogen and oxygen atoms in total. The Balaban J connectivity index is 2.41. The van der Waals surface area contributed by atoms with Gasteiger partial charge in [0.05, 0.1) is 0 Å². The number of hydrogen-bond acceptors (Lipinski definition) is 1. The van der Waals surface area contributed by atoms with Crippen LogP contribution in [0.25, 0.3) is 10.9 Å². The molecule has 1 heterocycles. The maximum atomic E-state index is 11.5. The van der Waals surface area contributed by atoms with E-state index in [1.165, 1.54) is 16.5 Å². The van der Waals surface area contributed by atoms with Crippen LogP contribution in [-0.4, -0.2) is 10.4 Å². The van der Waals surface area contributed by atoms with Crippen molar-refractivity contribution in [1.82, 2.24) is 4.57 Å². The molecule has 0 aliphatic carbocycles. The molecule has 2 heteroatoms. The Kier molecular flexibility index (Phi) is 4.08. The lowest BCUT2D eigenvalue weighted by Gasteiger charge is -2.10. The molecule has 19 heavy (non-hydrogen) atoms. The highest BCUT2D eigenvalue weighted by atomic mass is 16.1. The number of benzene rings is 1. The third-order valence-corrected chi connectivity index (χ3v) is 3.66. The van der Waals surface area contributed by atoms with E-state index in [0.29, 0.717) is 5.92 Å². The van der Waals surface area contributed by atoms with Crippen LogP contribution in [0.2, 0.25) is 0 Å². The Bertz CT molecular complexity index is 580. The summed E-state index contributed by atoms with van der Waals surface area (Å²) in [7, 11) is 0. The van der Waals surface area contributed by atoms with E-state index in [9.17, 15) is 4.79 Å². The lowest BCUT2D eigenvalue weighted by molar-refractivity contribution is -0.120. The zero-order valence-electron chi connectivity index (χ0n) is 12.3. The number of nitrogens with zero attached hydrogens (tertiary/aromatic N) is 1. The minimum atomic E-state index is 0.0720. The number of aromatic nitrogens is 1. The third kappa shape index (κ3) is 3.06. The normalized spacial score (nSPS) is 13.1. The van der Waals surface area contributed by atoms with Gasteiger partial charge in [-0.3, -0.25) is 4.79 Å². The molecule has 0 amide bonds. The molecule has 1 aromatic carbocycles. The van der Waals surface area contributed by atoms with Gasteiger partial charge in [0.15, 0.2) is 0 Å². The molecule has 0 saturated carbocycles. The number of ketones is 1. The highest BCUT2D eigenvalue weighted by molar-refractivity contribution is 5.84. The maximum absolute atomic E-state index is 11.5. The molecule has 1 unspecified atom stereocenters. The number of rotatable bonds is 5. The number of carbonyl (C=O) groups excluding carboxylic acids is 1. The summed E-state index contributed by atoms with van der Waals surface area (Å²) in [5, 5.41) is 1.33. The molecule has 0 radical (unpaired) electrons. The summed E-state index contributed by atoms with van der Waals surface area (Å²) in [5.41, 5.74) is 2.63. The van der Waals surface area contributed by atoms with Crippen LogP contribution in [0, 0.1) is 11.8 Å². The molecule has 0 fully saturated rings. The van der Waals surface area contributed by atoms with E-state index in [2.05, 4.69) is 48.9 Å². The van der Waals surface area contributed by atoms with Gasteiger partial charge >= 0.3 is 0 Å². The zero-order valence-corrected chi connectivity index (χ0v) is 12.3. The molecule has 0 aliphatic heterocycles. The fourth-order valence-electron chi connectivity index (χ4n) is 2.50. The number of Topliss-reactive ketones (excluding diaryl/α,β-unsaturated/α-hetero) is 1. The standard InChI is InChI=1S/C17H23NO/c1-12(2)9-15-11-18(10-13(3)14(4)19)17-8-6-5-7-16(15)17/h5-8,11-13H,9-10H2,1-4H3. The van der Waals surface area contributed by atoms with Gasteiger partial charge in [0.25, 0.3) is 0 Å². The van der Waals surface area contributed by atoms with Crippen LogP contribution in [0.15, 0.2) is 30.5 Å². The average molecular weight is 257 g/mol. The van der Waals surface area contributed by atoms with Gasteiger partial charge in [0.2, 0.25) is 0 Å². The Morgan fingerprint density at radius 3 is 2.53 bits per heavy atom. The van der Waals surface area contributed by atoms with Gasteiger partial charge < -0.3 is 4.57 Å². The quantitative estimate of drug-likeness (QED) is 0.791. The van der Waals surface area contributed by atoms with Crippen molar-refractivity contribution < 1.29 is 4.79 Å². The van der Waals surface area contributed by atoms with Crippen LogP contribution in [0.1, 0.15) is 33.3 Å². The van der Waals surface area contributed by atoms with E-state index in [4.69, 9.17) is 0 Å². The topological polar surface area (TPSA) is 22.0 Å². The van der Waals surface area contributed by atoms with E-state index in [1.807, 2.05) is 6.92 Å². The summed E-state index contributed by atoms with van der Waals surface area (Å²) in [6, 6.07) is 8.48. The number of hydrogen-bond donors (Lipinski definition) is 0. The average Bonchev–Trinajstić information content (AvgIpc) is 2.67. The lowest BCUT2D eigenvalue weighted by atomic mass is 10.0. The predicted octanol–water partition coefficient (Wildman–Crippen LogP) is 4.06. The zero-order chi connectivity index (χ0) is 14.0. The van der Waals surface area contributed by atoms with Crippen molar-refractivity contribution in [2.45, 2.75) is 40.7 Å². The van der Waals surface area contributed by atoms with Crippen LogP contribution in [-0.2, 0) is 17.8 Å². The second-order valence-electron chi connectivity index (χ2n) is 5.93. The summed E-state index contributed by atoms with van der Waals surface area (Å²) < 4.78 is 2.24. The van der Waals surface area contributed by atoms with Gasteiger partial charge in [-0.25, -0.2) is 0 Å². The first kappa shape index (κ1) is 13.9. The molecule has 102 valence electrons. The number of fused-ring (bicyclic) bond motifs is 1. The van der Waals surface area contributed by atoms with E-state index in [0.717, 1.165) is 13.0 Å². The monoisotopic (exact) mass is 257 g/mol. The van der Waals surface area contributed by atoms with Crippen molar-refractivity contribution in [3.05, 3.63) is 36.0 Å². The predicted molar refractivity (Wildman–Crippen MR) is 80.3 cm³/mol. The molecule has 1 atom stereocenters. The molecule has 2 aromatic rings. The summed E-state index contributed by atoms with van der Waals surface area (Å²) in [6.07, 6.45) is 3.31. The van der Waals surface area contributed by atoms with Crippen LogP contribution in [0.4, 0.5) is 0 Å². The molecule has 2 rings (SSSR count). The van der Waals surface area contributed by atoms with Gasteiger partial charge in [0, 0.05) is 29.6 Å². The van der Waals surface area contributed by atoms with Gasteiger partial charge in [-0.05, 0) is 30.9 Å². The first-order chi connectivity index (χ1) is 8.99. The fraction of sp³-hybridized carbons (Fsp3) is 0.471. The Morgan fingerprint density at radius 2 is 1.89 bits per heavy atom. The molecular weight excluding hydrogens is 234 g/mol. The van der Waals surface area contributed by atoms with Gasteiger partial charge in [-0.2, -0.15) is 0 Å². The fourth-order valence-corrected chi connectivity index (χ4v) is 2.50. The van der Waals surface area contributed by atoms with Crippen LogP contribution in [0.3, 0.4) is 0 Å². The van der Waals surface area contributed by atoms with Crippen LogP contribution < -0.4 is 0 Å². The van der Waals surface area contributed by atoms with E-state index in [-0.39, 0.29) is 11.7 Å². The van der Waals surface area contributed by atoms with Crippen molar-refractivity contribution >= 4 is 16.7 Å². The largest absolute Gasteiger partial charge is 0.346 e. The third-order valence-electron chi connectivity index (χ3n) is 3.66. The molecule has 0 aliphatic rings. The van der Waals surface area contributed by atoms with Crippen molar-refractivity contribution in [3.8, 4) is 0 Å². The van der Waals surface area contributed by atoms with E-state index < -0.39 is 0 Å². The van der Waals surface area contributed by atoms with Crippen LogP contribution >= 0.6 is 0 Å². The number of para-hydroxylation sites is 1. The highest BCUT2D eigenvalue weighted by Crippen LogP contribution is 2.24. The first-order valence-electron chi connectivity index (χ1n) is 7.06. The molecule has 0 N–H and O–H groups in total. The Labute approximate surface area is 115 Å². The van der Waals surface area contributed by atoms with Crippen molar-refractivity contribution in [1.29, 1.82) is 0 Å². The molecule has 1 aromatic heterocycles.